The molecule has 1 amide bonds. The average Bonchev–Trinajstić information content (AvgIpc) is 3.20. The first-order valence-electron chi connectivity index (χ1n) is 7.40. The minimum absolute atomic E-state index is 0.143. The fourth-order valence-corrected chi connectivity index (χ4v) is 2.83. The molecule has 4 rings (SSSR count). The van der Waals surface area contributed by atoms with E-state index < -0.39 is 0 Å². The van der Waals surface area contributed by atoms with E-state index in [0.29, 0.717) is 18.9 Å². The predicted octanol–water partition coefficient (Wildman–Crippen LogP) is -0.355. The molecule has 1 fully saturated rings. The van der Waals surface area contributed by atoms with Gasteiger partial charge in [0.05, 0.1) is 0 Å². The van der Waals surface area contributed by atoms with Crippen molar-refractivity contribution in [2.24, 2.45) is 7.05 Å². The van der Waals surface area contributed by atoms with Crippen molar-refractivity contribution >= 4 is 11.7 Å². The molecule has 0 aliphatic carbocycles. The van der Waals surface area contributed by atoms with E-state index in [0.717, 1.165) is 12.4 Å². The molecule has 1 saturated heterocycles. The maximum absolute atomic E-state index is 12.9. The summed E-state index contributed by atoms with van der Waals surface area (Å²) in [7, 11) is 1.92. The van der Waals surface area contributed by atoms with Crippen LogP contribution in [-0.4, -0.2) is 59.6 Å². The van der Waals surface area contributed by atoms with Gasteiger partial charge >= 0.3 is 0 Å². The maximum Gasteiger partial charge on any atom is 0.294 e. The van der Waals surface area contributed by atoms with Gasteiger partial charge in [0, 0.05) is 51.5 Å². The normalized spacial score (nSPS) is 18.5. The molecule has 23 heavy (non-hydrogen) atoms. The molecule has 0 saturated carbocycles. The van der Waals surface area contributed by atoms with E-state index >= 15 is 0 Å². The summed E-state index contributed by atoms with van der Waals surface area (Å²) in [5.74, 6) is 1.21. The molecule has 9 nitrogen and oxygen atoms in total. The van der Waals surface area contributed by atoms with E-state index in [9.17, 15) is 4.79 Å². The Morgan fingerprint density at radius 1 is 1.30 bits per heavy atom. The van der Waals surface area contributed by atoms with Crippen LogP contribution in [-0.2, 0) is 7.05 Å². The van der Waals surface area contributed by atoms with Crippen LogP contribution in [0.15, 0.2) is 30.9 Å². The Morgan fingerprint density at radius 3 is 3.00 bits per heavy atom. The number of aryl methyl sites for hydroxylation is 1. The van der Waals surface area contributed by atoms with E-state index in [4.69, 9.17) is 0 Å². The molecule has 1 aliphatic heterocycles. The molecule has 1 atom stereocenters. The quantitative estimate of drug-likeness (QED) is 0.695. The lowest BCUT2D eigenvalue weighted by Gasteiger charge is -2.34. The number of aromatic nitrogens is 6. The van der Waals surface area contributed by atoms with Crippen LogP contribution < -0.4 is 5.32 Å². The Labute approximate surface area is 132 Å². The van der Waals surface area contributed by atoms with Gasteiger partial charge in [0.2, 0.25) is 5.82 Å². The van der Waals surface area contributed by atoms with Gasteiger partial charge in [-0.2, -0.15) is 4.98 Å². The highest BCUT2D eigenvalue weighted by atomic mass is 16.2. The van der Waals surface area contributed by atoms with Gasteiger partial charge in [-0.05, 0) is 6.07 Å². The molecule has 3 aromatic heterocycles. The zero-order chi connectivity index (χ0) is 15.8. The predicted molar refractivity (Wildman–Crippen MR) is 80.6 cm³/mol. The van der Waals surface area contributed by atoms with Crippen molar-refractivity contribution in [2.45, 2.75) is 6.04 Å². The number of hydrogen-bond donors (Lipinski definition) is 1. The molecule has 1 N–H and O–H groups in total. The molecule has 1 aliphatic rings. The van der Waals surface area contributed by atoms with Crippen molar-refractivity contribution in [2.75, 3.05) is 19.6 Å². The summed E-state index contributed by atoms with van der Waals surface area (Å²) in [5, 5.41) is 7.54. The Balaban J connectivity index is 1.68. The van der Waals surface area contributed by atoms with Gasteiger partial charge in [0.1, 0.15) is 11.9 Å². The summed E-state index contributed by atoms with van der Waals surface area (Å²) in [6, 6.07) is 1.60. The SMILES string of the molecule is Cn1ccnc1C1CNCCN1C(=O)c1nc2ncccn2n1. The molecule has 1 unspecified atom stereocenters. The second-order valence-electron chi connectivity index (χ2n) is 5.41. The topological polar surface area (TPSA) is 93.2 Å². The summed E-state index contributed by atoms with van der Waals surface area (Å²) in [5.41, 5.74) is 0. The van der Waals surface area contributed by atoms with Crippen LogP contribution in [0.3, 0.4) is 0 Å². The highest BCUT2D eigenvalue weighted by molar-refractivity contribution is 5.91. The Morgan fingerprint density at radius 2 is 2.22 bits per heavy atom. The Bertz CT molecular complexity index is 820. The number of carbonyl (C=O) groups excluding carboxylic acids is 1. The summed E-state index contributed by atoms with van der Waals surface area (Å²) >= 11 is 0. The van der Waals surface area contributed by atoms with Crippen LogP contribution in [0.25, 0.3) is 5.78 Å². The second-order valence-corrected chi connectivity index (χ2v) is 5.41. The number of rotatable bonds is 2. The van der Waals surface area contributed by atoms with E-state index in [1.54, 1.807) is 29.6 Å². The van der Waals surface area contributed by atoms with Gasteiger partial charge in [-0.1, -0.05) is 0 Å². The molecule has 3 aromatic rings. The van der Waals surface area contributed by atoms with Crippen LogP contribution in [0, 0.1) is 0 Å². The highest BCUT2D eigenvalue weighted by Gasteiger charge is 2.32. The lowest BCUT2D eigenvalue weighted by atomic mass is 10.1. The molecular weight excluding hydrogens is 296 g/mol. The number of hydrogen-bond acceptors (Lipinski definition) is 6. The molecule has 118 valence electrons. The van der Waals surface area contributed by atoms with Crippen LogP contribution in [0.1, 0.15) is 22.5 Å². The third-order valence-corrected chi connectivity index (χ3v) is 3.97. The molecule has 0 spiro atoms. The van der Waals surface area contributed by atoms with E-state index in [1.807, 2.05) is 17.8 Å². The zero-order valence-corrected chi connectivity index (χ0v) is 12.6. The second kappa shape index (κ2) is 5.43. The molecule has 0 aromatic carbocycles. The fraction of sp³-hybridized carbons (Fsp3) is 0.357. The van der Waals surface area contributed by atoms with E-state index in [-0.39, 0.29) is 17.8 Å². The smallest absolute Gasteiger partial charge is 0.294 e. The number of fused-ring (bicyclic) bond motifs is 1. The van der Waals surface area contributed by atoms with Gasteiger partial charge in [-0.3, -0.25) is 4.79 Å². The average molecular weight is 312 g/mol. The van der Waals surface area contributed by atoms with Crippen molar-refractivity contribution in [1.82, 2.24) is 39.3 Å². The van der Waals surface area contributed by atoms with E-state index in [2.05, 4.69) is 25.4 Å². The van der Waals surface area contributed by atoms with Crippen molar-refractivity contribution in [1.29, 1.82) is 0 Å². The van der Waals surface area contributed by atoms with Crippen LogP contribution >= 0.6 is 0 Å². The minimum atomic E-state index is -0.204. The van der Waals surface area contributed by atoms with Crippen LogP contribution in [0.2, 0.25) is 0 Å². The highest BCUT2D eigenvalue weighted by Crippen LogP contribution is 2.22. The van der Waals surface area contributed by atoms with Crippen LogP contribution in [0.5, 0.6) is 0 Å². The third-order valence-electron chi connectivity index (χ3n) is 3.97. The lowest BCUT2D eigenvalue weighted by Crippen LogP contribution is -2.49. The van der Waals surface area contributed by atoms with Crippen molar-refractivity contribution in [3.63, 3.8) is 0 Å². The number of piperazine rings is 1. The first-order valence-corrected chi connectivity index (χ1v) is 7.40. The number of imidazole rings is 1. The molecule has 4 heterocycles. The van der Waals surface area contributed by atoms with Gasteiger partial charge in [0.15, 0.2) is 0 Å². The Hall–Kier alpha value is -2.81. The summed E-state index contributed by atoms with van der Waals surface area (Å²) in [6.45, 7) is 1.97. The van der Waals surface area contributed by atoms with Crippen molar-refractivity contribution in [3.05, 3.63) is 42.5 Å². The van der Waals surface area contributed by atoms with Gasteiger partial charge in [-0.25, -0.2) is 14.5 Å². The van der Waals surface area contributed by atoms with Gasteiger partial charge in [-0.15, -0.1) is 5.10 Å². The van der Waals surface area contributed by atoms with Gasteiger partial charge < -0.3 is 14.8 Å². The third kappa shape index (κ3) is 2.34. The number of carbonyl (C=O) groups is 1. The standard InChI is InChI=1S/C14H16N8O/c1-20-7-5-16-12(20)10-9-15-4-8-21(10)13(23)11-18-14-17-3-2-6-22(14)19-11/h2-3,5-7,10,15H,4,8-9H2,1H3. The molecule has 0 bridgehead atoms. The minimum Gasteiger partial charge on any atom is -0.336 e. The fourth-order valence-electron chi connectivity index (χ4n) is 2.83. The number of nitrogens with zero attached hydrogens (tertiary/aromatic N) is 7. The van der Waals surface area contributed by atoms with Crippen LogP contribution in [0.4, 0.5) is 0 Å². The zero-order valence-electron chi connectivity index (χ0n) is 12.6. The first kappa shape index (κ1) is 13.8. The number of amides is 1. The van der Waals surface area contributed by atoms with E-state index in [1.165, 1.54) is 4.52 Å². The monoisotopic (exact) mass is 312 g/mol. The summed E-state index contributed by atoms with van der Waals surface area (Å²) in [6.07, 6.45) is 6.96. The van der Waals surface area contributed by atoms with Crippen molar-refractivity contribution < 1.29 is 4.79 Å². The lowest BCUT2D eigenvalue weighted by molar-refractivity contribution is 0.0608. The largest absolute Gasteiger partial charge is 0.336 e. The van der Waals surface area contributed by atoms with Crippen molar-refractivity contribution in [3.8, 4) is 0 Å². The summed E-state index contributed by atoms with van der Waals surface area (Å²) < 4.78 is 3.43. The molecule has 9 heteroatoms. The number of nitrogens with one attached hydrogen (secondary N) is 1. The van der Waals surface area contributed by atoms with Gasteiger partial charge in [0.25, 0.3) is 11.7 Å². The summed E-state index contributed by atoms with van der Waals surface area (Å²) in [4.78, 5) is 27.4. The first-order chi connectivity index (χ1) is 11.2. The molecule has 0 radical (unpaired) electrons. The molecular formula is C14H16N8O. The Kier molecular flexibility index (Phi) is 3.27. The maximum atomic E-state index is 12.9.